The number of nitrogens with zero attached hydrogens (tertiary/aromatic N) is 2. The highest BCUT2D eigenvalue weighted by molar-refractivity contribution is 5.78. The number of hydrogen-bond acceptors (Lipinski definition) is 4. The Balaban J connectivity index is 1.53. The summed E-state index contributed by atoms with van der Waals surface area (Å²) in [6.07, 6.45) is 4.43. The second-order valence-electron chi connectivity index (χ2n) is 7.14. The van der Waals surface area contributed by atoms with Crippen LogP contribution >= 0.6 is 0 Å². The molecule has 1 saturated heterocycles. The van der Waals surface area contributed by atoms with Gasteiger partial charge in [0.25, 0.3) is 0 Å². The summed E-state index contributed by atoms with van der Waals surface area (Å²) in [5.74, 6) is 0.581. The van der Waals surface area contributed by atoms with Crippen LogP contribution in [0.25, 0.3) is 5.57 Å². The van der Waals surface area contributed by atoms with Gasteiger partial charge in [-0.3, -0.25) is 4.90 Å². The molecule has 0 aromatic heterocycles. The van der Waals surface area contributed by atoms with Crippen LogP contribution in [0.1, 0.15) is 36.0 Å². The highest BCUT2D eigenvalue weighted by Gasteiger charge is 2.41. The zero-order valence-electron chi connectivity index (χ0n) is 15.8. The van der Waals surface area contributed by atoms with E-state index in [1.165, 1.54) is 0 Å². The normalized spacial score (nSPS) is 20.3. The molecule has 0 aliphatic carbocycles. The monoisotopic (exact) mass is 374 g/mol. The fourth-order valence-electron chi connectivity index (χ4n) is 4.19. The predicted molar refractivity (Wildman–Crippen MR) is 106 cm³/mol. The minimum atomic E-state index is -0.266. The fourth-order valence-corrected chi connectivity index (χ4v) is 4.19. The number of methoxy groups -OCH3 is 1. The minimum Gasteiger partial charge on any atom is -0.495 e. The molecule has 0 N–H and O–H groups in total. The number of hydrogen-bond donors (Lipinski definition) is 0. The number of nitriles is 1. The molecule has 28 heavy (non-hydrogen) atoms. The van der Waals surface area contributed by atoms with Crippen molar-refractivity contribution in [2.45, 2.75) is 38.0 Å². The molecule has 2 aromatic rings. The molecule has 142 valence electrons. The molecule has 1 amide bonds. The molecule has 4 rings (SSSR count). The molecule has 0 saturated carbocycles. The third-order valence-electron chi connectivity index (χ3n) is 5.52. The molecule has 2 unspecified atom stereocenters. The maximum Gasteiger partial charge on any atom is 0.410 e. The number of fused-ring (bicyclic) bond motifs is 2. The first-order valence-corrected chi connectivity index (χ1v) is 9.48. The summed E-state index contributed by atoms with van der Waals surface area (Å²) in [6, 6.07) is 17.7. The van der Waals surface area contributed by atoms with Crippen LogP contribution in [-0.2, 0) is 11.3 Å². The number of rotatable bonds is 4. The average Bonchev–Trinajstić information content (AvgIpc) is 3.01. The maximum atomic E-state index is 12.7. The quantitative estimate of drug-likeness (QED) is 0.789. The molecule has 5 nitrogen and oxygen atoms in total. The zero-order valence-corrected chi connectivity index (χ0v) is 15.8. The molecule has 2 heterocycles. The Morgan fingerprint density at radius 2 is 2.00 bits per heavy atom. The summed E-state index contributed by atoms with van der Waals surface area (Å²) in [5.41, 5.74) is 3.54. The van der Waals surface area contributed by atoms with E-state index in [0.717, 1.165) is 36.0 Å². The standard InChI is InChI=1S/C23H22N2O3/c1-27-22-9-5-8-20(21(22)14-24)17-12-18-10-11-19(13-17)25(18)23(26)28-15-16-6-3-2-4-7-16/h2-9,12,18-19H,10-11,13,15H2,1H3. The summed E-state index contributed by atoms with van der Waals surface area (Å²) in [6.45, 7) is 0.278. The van der Waals surface area contributed by atoms with Crippen molar-refractivity contribution in [1.82, 2.24) is 4.90 Å². The largest absolute Gasteiger partial charge is 0.495 e. The molecule has 2 atom stereocenters. The van der Waals surface area contributed by atoms with Crippen LogP contribution in [-0.4, -0.2) is 30.2 Å². The summed E-state index contributed by atoms with van der Waals surface area (Å²) in [7, 11) is 1.57. The van der Waals surface area contributed by atoms with Gasteiger partial charge in [-0.2, -0.15) is 5.26 Å². The van der Waals surface area contributed by atoms with Crippen molar-refractivity contribution in [3.8, 4) is 11.8 Å². The SMILES string of the molecule is COc1cccc(C2=CC3CCC(C2)N3C(=O)OCc2ccccc2)c1C#N. The van der Waals surface area contributed by atoms with E-state index in [2.05, 4.69) is 12.1 Å². The van der Waals surface area contributed by atoms with Crippen LogP contribution in [0.5, 0.6) is 5.75 Å². The Labute approximate surface area is 164 Å². The van der Waals surface area contributed by atoms with Gasteiger partial charge in [-0.1, -0.05) is 48.5 Å². The Morgan fingerprint density at radius 3 is 2.71 bits per heavy atom. The lowest BCUT2D eigenvalue weighted by molar-refractivity contribution is 0.0832. The van der Waals surface area contributed by atoms with Gasteiger partial charge in [0.05, 0.1) is 13.2 Å². The Bertz CT molecular complexity index is 946. The van der Waals surface area contributed by atoms with Crippen molar-refractivity contribution in [3.63, 3.8) is 0 Å². The van der Waals surface area contributed by atoms with Crippen LogP contribution < -0.4 is 4.74 Å². The predicted octanol–water partition coefficient (Wildman–Crippen LogP) is 4.52. The minimum absolute atomic E-state index is 0.00904. The lowest BCUT2D eigenvalue weighted by atomic mass is 9.91. The number of amides is 1. The van der Waals surface area contributed by atoms with Crippen LogP contribution in [0.15, 0.2) is 54.6 Å². The number of carbonyl (C=O) groups is 1. The van der Waals surface area contributed by atoms with Crippen LogP contribution in [0, 0.1) is 11.3 Å². The van der Waals surface area contributed by atoms with Crippen molar-refractivity contribution < 1.29 is 14.3 Å². The van der Waals surface area contributed by atoms with E-state index in [0.29, 0.717) is 11.3 Å². The average molecular weight is 374 g/mol. The number of carbonyl (C=O) groups excluding carboxylic acids is 1. The molecular weight excluding hydrogens is 352 g/mol. The van der Waals surface area contributed by atoms with Crippen molar-refractivity contribution in [2.75, 3.05) is 7.11 Å². The van der Waals surface area contributed by atoms with Gasteiger partial charge in [0.2, 0.25) is 0 Å². The third kappa shape index (κ3) is 3.34. The fraction of sp³-hybridized carbons (Fsp3) is 0.304. The summed E-state index contributed by atoms with van der Waals surface area (Å²) in [4.78, 5) is 14.6. The molecule has 0 radical (unpaired) electrons. The molecule has 0 spiro atoms. The van der Waals surface area contributed by atoms with Gasteiger partial charge in [-0.15, -0.1) is 0 Å². The van der Waals surface area contributed by atoms with Gasteiger partial charge >= 0.3 is 6.09 Å². The lowest BCUT2D eigenvalue weighted by Crippen LogP contribution is -2.43. The lowest BCUT2D eigenvalue weighted by Gasteiger charge is -2.33. The van der Waals surface area contributed by atoms with Gasteiger partial charge in [0.15, 0.2) is 0 Å². The Kier molecular flexibility index (Phi) is 5.03. The highest BCUT2D eigenvalue weighted by atomic mass is 16.6. The zero-order chi connectivity index (χ0) is 19.5. The molecule has 2 aliphatic heterocycles. The van der Waals surface area contributed by atoms with E-state index >= 15 is 0 Å². The molecule has 5 heteroatoms. The summed E-state index contributed by atoms with van der Waals surface area (Å²) in [5, 5.41) is 9.59. The van der Waals surface area contributed by atoms with Gasteiger partial charge in [-0.05, 0) is 42.0 Å². The van der Waals surface area contributed by atoms with Crippen LogP contribution in [0.2, 0.25) is 0 Å². The molecule has 2 aliphatic rings. The first kappa shape index (κ1) is 18.1. The highest BCUT2D eigenvalue weighted by Crippen LogP contribution is 2.40. The van der Waals surface area contributed by atoms with Crippen molar-refractivity contribution in [2.24, 2.45) is 0 Å². The van der Waals surface area contributed by atoms with E-state index in [4.69, 9.17) is 9.47 Å². The van der Waals surface area contributed by atoms with E-state index in [-0.39, 0.29) is 24.8 Å². The van der Waals surface area contributed by atoms with Gasteiger partial charge in [-0.25, -0.2) is 4.79 Å². The first-order chi connectivity index (χ1) is 13.7. The molecular formula is C23H22N2O3. The Hall–Kier alpha value is -3.26. The topological polar surface area (TPSA) is 62.6 Å². The van der Waals surface area contributed by atoms with Gasteiger partial charge in [0, 0.05) is 6.04 Å². The van der Waals surface area contributed by atoms with Gasteiger partial charge in [0.1, 0.15) is 24.0 Å². The van der Waals surface area contributed by atoms with E-state index in [9.17, 15) is 10.1 Å². The van der Waals surface area contributed by atoms with E-state index < -0.39 is 0 Å². The molecule has 1 fully saturated rings. The van der Waals surface area contributed by atoms with E-state index in [1.54, 1.807) is 13.2 Å². The molecule has 2 aromatic carbocycles. The maximum absolute atomic E-state index is 12.7. The van der Waals surface area contributed by atoms with Gasteiger partial charge < -0.3 is 9.47 Å². The number of benzene rings is 2. The third-order valence-corrected chi connectivity index (χ3v) is 5.52. The van der Waals surface area contributed by atoms with Crippen LogP contribution in [0.4, 0.5) is 4.79 Å². The van der Waals surface area contributed by atoms with Crippen molar-refractivity contribution >= 4 is 11.7 Å². The first-order valence-electron chi connectivity index (χ1n) is 9.48. The van der Waals surface area contributed by atoms with Crippen molar-refractivity contribution in [1.29, 1.82) is 5.26 Å². The molecule has 2 bridgehead atoms. The Morgan fingerprint density at radius 1 is 1.18 bits per heavy atom. The van der Waals surface area contributed by atoms with Crippen LogP contribution in [0.3, 0.4) is 0 Å². The van der Waals surface area contributed by atoms with E-state index in [1.807, 2.05) is 47.4 Å². The van der Waals surface area contributed by atoms with Crippen molar-refractivity contribution in [3.05, 3.63) is 71.3 Å². The smallest absolute Gasteiger partial charge is 0.410 e. The second-order valence-corrected chi connectivity index (χ2v) is 7.14. The number of ether oxygens (including phenoxy) is 2. The second kappa shape index (κ2) is 7.77. The summed E-state index contributed by atoms with van der Waals surface area (Å²) >= 11 is 0. The summed E-state index contributed by atoms with van der Waals surface area (Å²) < 4.78 is 10.9.